The van der Waals surface area contributed by atoms with Crippen molar-refractivity contribution in [2.75, 3.05) is 7.05 Å². The van der Waals surface area contributed by atoms with Gasteiger partial charge in [0.1, 0.15) is 5.82 Å². The van der Waals surface area contributed by atoms with E-state index in [1.165, 1.54) is 11.0 Å². The second kappa shape index (κ2) is 6.72. The van der Waals surface area contributed by atoms with Crippen molar-refractivity contribution in [3.63, 3.8) is 0 Å². The maximum Gasteiger partial charge on any atom is 0.233 e. The molecule has 19 heavy (non-hydrogen) atoms. The SMILES string of the molecule is CCC(C(=O)N(C)Cc1ccccc1F)C(N)=NO. The average molecular weight is 267 g/mol. The Kier molecular flexibility index (Phi) is 5.29. The Morgan fingerprint density at radius 2 is 2.16 bits per heavy atom. The topological polar surface area (TPSA) is 78.9 Å². The third-order valence-electron chi connectivity index (χ3n) is 2.92. The Labute approximate surface area is 111 Å². The highest BCUT2D eigenvalue weighted by Gasteiger charge is 2.24. The minimum Gasteiger partial charge on any atom is -0.409 e. The molecule has 0 aliphatic carbocycles. The molecule has 0 aliphatic rings. The highest BCUT2D eigenvalue weighted by molar-refractivity contribution is 6.01. The molecule has 1 aromatic carbocycles. The summed E-state index contributed by atoms with van der Waals surface area (Å²) < 4.78 is 13.5. The van der Waals surface area contributed by atoms with Gasteiger partial charge in [-0.15, -0.1) is 0 Å². The standard InChI is InChI=1S/C13H18FN3O2/c1-3-10(12(15)16-19)13(18)17(2)8-9-6-4-5-7-11(9)14/h4-7,10,19H,3,8H2,1-2H3,(H2,15,16). The molecular weight excluding hydrogens is 249 g/mol. The third-order valence-corrected chi connectivity index (χ3v) is 2.92. The van der Waals surface area contributed by atoms with E-state index < -0.39 is 5.92 Å². The third kappa shape index (κ3) is 3.67. The first kappa shape index (κ1) is 14.9. The molecule has 1 atom stereocenters. The van der Waals surface area contributed by atoms with Gasteiger partial charge in [-0.3, -0.25) is 4.79 Å². The fourth-order valence-electron chi connectivity index (χ4n) is 1.81. The number of amidine groups is 1. The maximum atomic E-state index is 13.5. The quantitative estimate of drug-likeness (QED) is 0.368. The Bertz CT molecular complexity index is 477. The lowest BCUT2D eigenvalue weighted by molar-refractivity contribution is -0.132. The van der Waals surface area contributed by atoms with Gasteiger partial charge in [-0.1, -0.05) is 30.3 Å². The number of rotatable bonds is 5. The molecule has 0 fully saturated rings. The summed E-state index contributed by atoms with van der Waals surface area (Å²) in [6.07, 6.45) is 0.413. The van der Waals surface area contributed by atoms with Crippen molar-refractivity contribution in [3.8, 4) is 0 Å². The van der Waals surface area contributed by atoms with Crippen molar-refractivity contribution in [2.45, 2.75) is 19.9 Å². The van der Waals surface area contributed by atoms with Crippen LogP contribution in [0.25, 0.3) is 0 Å². The van der Waals surface area contributed by atoms with Crippen LogP contribution >= 0.6 is 0 Å². The van der Waals surface area contributed by atoms with E-state index in [-0.39, 0.29) is 24.1 Å². The first-order valence-corrected chi connectivity index (χ1v) is 5.97. The summed E-state index contributed by atoms with van der Waals surface area (Å²) in [5.41, 5.74) is 5.89. The number of benzene rings is 1. The van der Waals surface area contributed by atoms with Crippen LogP contribution in [0.1, 0.15) is 18.9 Å². The molecule has 0 heterocycles. The number of nitrogens with two attached hydrogens (primary N) is 1. The molecule has 6 heteroatoms. The molecule has 5 nitrogen and oxygen atoms in total. The number of hydrogen-bond donors (Lipinski definition) is 2. The Morgan fingerprint density at radius 3 is 2.68 bits per heavy atom. The van der Waals surface area contributed by atoms with E-state index in [1.54, 1.807) is 32.2 Å². The summed E-state index contributed by atoms with van der Waals surface area (Å²) >= 11 is 0. The van der Waals surface area contributed by atoms with Crippen LogP contribution in [0.15, 0.2) is 29.4 Å². The maximum absolute atomic E-state index is 13.5. The van der Waals surface area contributed by atoms with E-state index >= 15 is 0 Å². The van der Waals surface area contributed by atoms with Crippen LogP contribution in [0.5, 0.6) is 0 Å². The molecule has 3 N–H and O–H groups in total. The lowest BCUT2D eigenvalue weighted by Gasteiger charge is -2.22. The van der Waals surface area contributed by atoms with Crippen molar-refractivity contribution in [2.24, 2.45) is 16.8 Å². The summed E-state index contributed by atoms with van der Waals surface area (Å²) in [5.74, 6) is -1.49. The van der Waals surface area contributed by atoms with E-state index in [4.69, 9.17) is 10.9 Å². The van der Waals surface area contributed by atoms with Crippen LogP contribution in [0.2, 0.25) is 0 Å². The number of hydrogen-bond acceptors (Lipinski definition) is 3. The van der Waals surface area contributed by atoms with Gasteiger partial charge in [0.15, 0.2) is 5.84 Å². The van der Waals surface area contributed by atoms with Crippen molar-refractivity contribution in [1.82, 2.24) is 4.90 Å². The first-order valence-electron chi connectivity index (χ1n) is 5.97. The van der Waals surface area contributed by atoms with Gasteiger partial charge in [0.2, 0.25) is 5.91 Å². The van der Waals surface area contributed by atoms with Crippen LogP contribution in [-0.2, 0) is 11.3 Å². The molecule has 1 aromatic rings. The number of nitrogens with zero attached hydrogens (tertiary/aromatic N) is 2. The van der Waals surface area contributed by atoms with Gasteiger partial charge in [-0.05, 0) is 12.5 Å². The Balaban J connectivity index is 2.80. The normalized spacial score (nSPS) is 13.1. The molecule has 0 radical (unpaired) electrons. The van der Waals surface area contributed by atoms with Crippen LogP contribution in [0.3, 0.4) is 0 Å². The molecule has 0 aromatic heterocycles. The second-order valence-electron chi connectivity index (χ2n) is 4.27. The number of carbonyl (C=O) groups excluding carboxylic acids is 1. The summed E-state index contributed by atoms with van der Waals surface area (Å²) in [6.45, 7) is 1.90. The van der Waals surface area contributed by atoms with Gasteiger partial charge in [0.25, 0.3) is 0 Å². The molecule has 1 amide bonds. The monoisotopic (exact) mass is 267 g/mol. The van der Waals surface area contributed by atoms with E-state index in [0.717, 1.165) is 0 Å². The molecule has 0 aliphatic heterocycles. The minimum atomic E-state index is -0.693. The lowest BCUT2D eigenvalue weighted by atomic mass is 10.0. The van der Waals surface area contributed by atoms with Crippen molar-refractivity contribution < 1.29 is 14.4 Å². The van der Waals surface area contributed by atoms with Crippen molar-refractivity contribution in [1.29, 1.82) is 0 Å². The van der Waals surface area contributed by atoms with E-state index in [1.807, 2.05) is 0 Å². The molecule has 0 saturated carbocycles. The molecule has 0 spiro atoms. The smallest absolute Gasteiger partial charge is 0.233 e. The molecular formula is C13H18FN3O2. The minimum absolute atomic E-state index is 0.132. The summed E-state index contributed by atoms with van der Waals surface area (Å²) in [7, 11) is 1.56. The number of oxime groups is 1. The van der Waals surface area contributed by atoms with Crippen LogP contribution in [-0.4, -0.2) is 28.9 Å². The Hall–Kier alpha value is -2.11. The lowest BCUT2D eigenvalue weighted by Crippen LogP contribution is -2.39. The van der Waals surface area contributed by atoms with Crippen LogP contribution < -0.4 is 5.73 Å². The number of halogens is 1. The van der Waals surface area contributed by atoms with Crippen LogP contribution in [0.4, 0.5) is 4.39 Å². The average Bonchev–Trinajstić information content (AvgIpc) is 2.41. The zero-order chi connectivity index (χ0) is 14.4. The fraction of sp³-hybridized carbons (Fsp3) is 0.385. The largest absolute Gasteiger partial charge is 0.409 e. The summed E-state index contributed by atoms with van der Waals surface area (Å²) in [4.78, 5) is 13.5. The van der Waals surface area contributed by atoms with Gasteiger partial charge in [-0.25, -0.2) is 4.39 Å². The molecule has 104 valence electrons. The van der Waals surface area contributed by atoms with Gasteiger partial charge in [-0.2, -0.15) is 0 Å². The van der Waals surface area contributed by atoms with E-state index in [2.05, 4.69) is 5.16 Å². The number of carbonyl (C=O) groups is 1. The van der Waals surface area contributed by atoms with Gasteiger partial charge in [0.05, 0.1) is 5.92 Å². The van der Waals surface area contributed by atoms with Crippen molar-refractivity contribution >= 4 is 11.7 Å². The highest BCUT2D eigenvalue weighted by atomic mass is 19.1. The predicted molar refractivity (Wildman–Crippen MR) is 70.1 cm³/mol. The zero-order valence-electron chi connectivity index (χ0n) is 11.0. The van der Waals surface area contributed by atoms with Gasteiger partial charge in [0, 0.05) is 19.2 Å². The van der Waals surface area contributed by atoms with Gasteiger partial charge < -0.3 is 15.8 Å². The molecule has 0 saturated heterocycles. The summed E-state index contributed by atoms with van der Waals surface area (Å²) in [5, 5.41) is 11.5. The zero-order valence-corrected chi connectivity index (χ0v) is 11.0. The van der Waals surface area contributed by atoms with Crippen molar-refractivity contribution in [3.05, 3.63) is 35.6 Å². The molecule has 0 bridgehead atoms. The number of amides is 1. The second-order valence-corrected chi connectivity index (χ2v) is 4.27. The highest BCUT2D eigenvalue weighted by Crippen LogP contribution is 2.13. The van der Waals surface area contributed by atoms with Gasteiger partial charge >= 0.3 is 0 Å². The molecule has 1 rings (SSSR count). The fourth-order valence-corrected chi connectivity index (χ4v) is 1.81. The summed E-state index contributed by atoms with van der Waals surface area (Å²) in [6, 6.07) is 6.25. The first-order chi connectivity index (χ1) is 9.01. The van der Waals surface area contributed by atoms with Crippen LogP contribution in [0, 0.1) is 11.7 Å². The van der Waals surface area contributed by atoms with E-state index in [9.17, 15) is 9.18 Å². The molecule has 1 unspecified atom stereocenters. The Morgan fingerprint density at radius 1 is 1.53 bits per heavy atom. The van der Waals surface area contributed by atoms with E-state index in [0.29, 0.717) is 12.0 Å². The predicted octanol–water partition coefficient (Wildman–Crippen LogP) is 1.56.